The number of amides is 1. The maximum absolute atomic E-state index is 12.4. The van der Waals surface area contributed by atoms with Crippen molar-refractivity contribution in [3.05, 3.63) is 62.6 Å². The molecule has 1 aliphatic heterocycles. The van der Waals surface area contributed by atoms with E-state index >= 15 is 0 Å². The smallest absolute Gasteiger partial charge is 0.255 e. The summed E-state index contributed by atoms with van der Waals surface area (Å²) in [6.45, 7) is 2.17. The number of rotatable bonds is 2. The van der Waals surface area contributed by atoms with Crippen molar-refractivity contribution in [2.45, 2.75) is 6.92 Å². The number of nitrogens with one attached hydrogen (secondary N) is 1. The van der Waals surface area contributed by atoms with E-state index in [1.165, 1.54) is 0 Å². The number of carbonyl (C=O) groups excluding carboxylic acids is 1. The van der Waals surface area contributed by atoms with Gasteiger partial charge in [0.15, 0.2) is 0 Å². The molecule has 1 amide bonds. The molecule has 22 heavy (non-hydrogen) atoms. The molecule has 0 unspecified atom stereocenters. The van der Waals surface area contributed by atoms with Crippen LogP contribution in [-0.4, -0.2) is 12.5 Å². The average Bonchev–Trinajstić information content (AvgIpc) is 2.50. The Morgan fingerprint density at radius 2 is 2.09 bits per heavy atom. The maximum atomic E-state index is 12.4. The zero-order valence-electron chi connectivity index (χ0n) is 11.8. The van der Waals surface area contributed by atoms with E-state index in [1.807, 2.05) is 37.3 Å². The van der Waals surface area contributed by atoms with Gasteiger partial charge in [-0.05, 0) is 48.9 Å². The van der Waals surface area contributed by atoms with E-state index in [9.17, 15) is 4.79 Å². The summed E-state index contributed by atoms with van der Waals surface area (Å²) < 4.78 is 6.57. The first-order chi connectivity index (χ1) is 10.5. The van der Waals surface area contributed by atoms with Gasteiger partial charge in [-0.25, -0.2) is 0 Å². The SMILES string of the molecule is Cc1ccc(Cl)cc1NC(=O)C1=Cc2cc(Br)ccc2OC1. The molecule has 112 valence electrons. The van der Waals surface area contributed by atoms with E-state index in [-0.39, 0.29) is 12.5 Å². The Morgan fingerprint density at radius 3 is 2.91 bits per heavy atom. The second-order valence-electron chi connectivity index (χ2n) is 5.05. The average molecular weight is 379 g/mol. The Kier molecular flexibility index (Phi) is 4.23. The van der Waals surface area contributed by atoms with Crippen LogP contribution in [0.3, 0.4) is 0 Å². The highest BCUT2D eigenvalue weighted by Crippen LogP contribution is 2.30. The van der Waals surface area contributed by atoms with Gasteiger partial charge in [-0.2, -0.15) is 0 Å². The van der Waals surface area contributed by atoms with Gasteiger partial charge in [0.25, 0.3) is 5.91 Å². The lowest BCUT2D eigenvalue weighted by atomic mass is 10.1. The number of aryl methyl sites for hydroxylation is 1. The van der Waals surface area contributed by atoms with Crippen LogP contribution in [0.4, 0.5) is 5.69 Å². The summed E-state index contributed by atoms with van der Waals surface area (Å²) in [6.07, 6.45) is 1.85. The first kappa shape index (κ1) is 15.1. The van der Waals surface area contributed by atoms with Crippen molar-refractivity contribution >= 4 is 45.2 Å². The van der Waals surface area contributed by atoms with Gasteiger partial charge in [0, 0.05) is 20.7 Å². The first-order valence-electron chi connectivity index (χ1n) is 6.73. The molecule has 5 heteroatoms. The lowest BCUT2D eigenvalue weighted by molar-refractivity contribution is -0.113. The zero-order chi connectivity index (χ0) is 15.7. The fourth-order valence-electron chi connectivity index (χ4n) is 2.21. The second kappa shape index (κ2) is 6.15. The van der Waals surface area contributed by atoms with Crippen LogP contribution in [0.5, 0.6) is 5.75 Å². The Bertz CT molecular complexity index is 786. The fourth-order valence-corrected chi connectivity index (χ4v) is 2.76. The molecule has 3 rings (SSSR count). The number of anilines is 1. The summed E-state index contributed by atoms with van der Waals surface area (Å²) >= 11 is 9.39. The van der Waals surface area contributed by atoms with E-state index in [1.54, 1.807) is 12.1 Å². The molecule has 0 saturated heterocycles. The van der Waals surface area contributed by atoms with Crippen molar-refractivity contribution in [1.82, 2.24) is 0 Å². The largest absolute Gasteiger partial charge is 0.488 e. The van der Waals surface area contributed by atoms with Crippen molar-refractivity contribution in [2.75, 3.05) is 11.9 Å². The van der Waals surface area contributed by atoms with Gasteiger partial charge in [-0.15, -0.1) is 0 Å². The maximum Gasteiger partial charge on any atom is 0.255 e. The molecule has 0 spiro atoms. The molecule has 1 heterocycles. The molecular weight excluding hydrogens is 366 g/mol. The van der Waals surface area contributed by atoms with E-state index in [0.29, 0.717) is 16.3 Å². The molecule has 2 aromatic rings. The number of fused-ring (bicyclic) bond motifs is 1. The third-order valence-corrected chi connectivity index (χ3v) is 4.15. The van der Waals surface area contributed by atoms with Crippen molar-refractivity contribution in [3.8, 4) is 5.75 Å². The zero-order valence-corrected chi connectivity index (χ0v) is 14.2. The highest BCUT2D eigenvalue weighted by Gasteiger charge is 2.18. The third kappa shape index (κ3) is 3.18. The number of halogens is 2. The molecule has 0 radical (unpaired) electrons. The second-order valence-corrected chi connectivity index (χ2v) is 6.41. The molecule has 0 fully saturated rings. The van der Waals surface area contributed by atoms with Crippen LogP contribution in [0, 0.1) is 6.92 Å². The van der Waals surface area contributed by atoms with Crippen molar-refractivity contribution in [2.24, 2.45) is 0 Å². The number of hydrogen-bond donors (Lipinski definition) is 1. The van der Waals surface area contributed by atoms with Gasteiger partial charge in [0.05, 0.1) is 5.57 Å². The number of benzene rings is 2. The summed E-state index contributed by atoms with van der Waals surface area (Å²) in [5.41, 5.74) is 3.12. The highest BCUT2D eigenvalue weighted by molar-refractivity contribution is 9.10. The Balaban J connectivity index is 1.85. The summed E-state index contributed by atoms with van der Waals surface area (Å²) in [5.74, 6) is 0.592. The monoisotopic (exact) mass is 377 g/mol. The number of hydrogen-bond acceptors (Lipinski definition) is 2. The Morgan fingerprint density at radius 1 is 1.27 bits per heavy atom. The van der Waals surface area contributed by atoms with Gasteiger partial charge >= 0.3 is 0 Å². The molecule has 0 aromatic heterocycles. The van der Waals surface area contributed by atoms with E-state index in [2.05, 4.69) is 21.2 Å². The molecule has 2 aromatic carbocycles. The minimum Gasteiger partial charge on any atom is -0.488 e. The predicted molar refractivity (Wildman–Crippen MR) is 92.4 cm³/mol. The minimum absolute atomic E-state index is 0.184. The van der Waals surface area contributed by atoms with E-state index in [4.69, 9.17) is 16.3 Å². The van der Waals surface area contributed by atoms with Crippen LogP contribution in [0.25, 0.3) is 6.08 Å². The van der Waals surface area contributed by atoms with Crippen LogP contribution in [-0.2, 0) is 4.79 Å². The first-order valence-corrected chi connectivity index (χ1v) is 7.90. The van der Waals surface area contributed by atoms with Crippen LogP contribution < -0.4 is 10.1 Å². The molecule has 0 atom stereocenters. The van der Waals surface area contributed by atoms with Crippen LogP contribution in [0.1, 0.15) is 11.1 Å². The summed E-state index contributed by atoms with van der Waals surface area (Å²) in [7, 11) is 0. The Hall–Kier alpha value is -1.78. The normalized spacial score (nSPS) is 13.0. The van der Waals surface area contributed by atoms with Crippen LogP contribution in [0.2, 0.25) is 5.02 Å². The molecular formula is C17H13BrClNO2. The standard InChI is InChI=1S/C17H13BrClNO2/c1-10-2-4-14(19)8-15(10)20-17(21)12-6-11-7-13(18)3-5-16(11)22-9-12/h2-8H,9H2,1H3,(H,20,21). The summed E-state index contributed by atoms with van der Waals surface area (Å²) in [6, 6.07) is 11.1. The lowest BCUT2D eigenvalue weighted by Gasteiger charge is -2.18. The topological polar surface area (TPSA) is 38.3 Å². The third-order valence-electron chi connectivity index (χ3n) is 3.42. The van der Waals surface area contributed by atoms with Gasteiger partial charge < -0.3 is 10.1 Å². The van der Waals surface area contributed by atoms with Crippen LogP contribution in [0.15, 0.2) is 46.4 Å². The predicted octanol–water partition coefficient (Wildman–Crippen LogP) is 4.83. The van der Waals surface area contributed by atoms with Gasteiger partial charge in [0.2, 0.25) is 0 Å². The van der Waals surface area contributed by atoms with Crippen LogP contribution >= 0.6 is 27.5 Å². The quantitative estimate of drug-likeness (QED) is 0.813. The molecule has 1 aliphatic rings. The number of carbonyl (C=O) groups is 1. The summed E-state index contributed by atoms with van der Waals surface area (Å²) in [5, 5.41) is 3.47. The minimum atomic E-state index is -0.184. The molecule has 0 saturated carbocycles. The van der Waals surface area contributed by atoms with E-state index < -0.39 is 0 Å². The molecule has 1 N–H and O–H groups in total. The van der Waals surface area contributed by atoms with Gasteiger partial charge in [-0.1, -0.05) is 33.6 Å². The fraction of sp³-hybridized carbons (Fsp3) is 0.118. The molecule has 3 nitrogen and oxygen atoms in total. The number of ether oxygens (including phenoxy) is 1. The van der Waals surface area contributed by atoms with Crippen molar-refractivity contribution < 1.29 is 9.53 Å². The van der Waals surface area contributed by atoms with Crippen molar-refractivity contribution in [1.29, 1.82) is 0 Å². The summed E-state index contributed by atoms with van der Waals surface area (Å²) in [4.78, 5) is 12.4. The van der Waals surface area contributed by atoms with Gasteiger partial charge in [-0.3, -0.25) is 4.79 Å². The van der Waals surface area contributed by atoms with E-state index in [0.717, 1.165) is 21.3 Å². The molecule has 0 aliphatic carbocycles. The lowest BCUT2D eigenvalue weighted by Crippen LogP contribution is -2.21. The van der Waals surface area contributed by atoms with Gasteiger partial charge in [0.1, 0.15) is 12.4 Å². The highest BCUT2D eigenvalue weighted by atomic mass is 79.9. The van der Waals surface area contributed by atoms with Crippen molar-refractivity contribution in [3.63, 3.8) is 0 Å². The Labute approximate surface area is 142 Å². The molecule has 0 bridgehead atoms.